The minimum absolute atomic E-state index is 0.0289. The van der Waals surface area contributed by atoms with Gasteiger partial charge in [-0.2, -0.15) is 10.2 Å². The molecule has 3 aromatic heterocycles. The van der Waals surface area contributed by atoms with Gasteiger partial charge in [-0.15, -0.1) is 11.3 Å². The molecule has 0 spiro atoms. The molecule has 3 heterocycles. The van der Waals surface area contributed by atoms with Crippen molar-refractivity contribution < 1.29 is 13.4 Å². The summed E-state index contributed by atoms with van der Waals surface area (Å²) in [7, 11) is -1.06. The summed E-state index contributed by atoms with van der Waals surface area (Å²) in [5, 5.41) is 9.48. The predicted molar refractivity (Wildman–Crippen MR) is 167 cm³/mol. The second-order valence-electron chi connectivity index (χ2n) is 12.4. The lowest BCUT2D eigenvalue weighted by molar-refractivity contribution is 0.0731. The van der Waals surface area contributed by atoms with Crippen LogP contribution in [0.3, 0.4) is 0 Å². The van der Waals surface area contributed by atoms with Crippen molar-refractivity contribution in [1.82, 2.24) is 28.9 Å². The Kier molecular flexibility index (Phi) is 6.83. The number of aromatic nitrogens is 5. The summed E-state index contributed by atoms with van der Waals surface area (Å²) in [4.78, 5) is 21.1. The Balaban J connectivity index is 1.31. The number of rotatable bonds is 8. The Morgan fingerprint density at radius 3 is 2.60 bits per heavy atom. The third-order valence-corrected chi connectivity index (χ3v) is 12.6. The van der Waals surface area contributed by atoms with Gasteiger partial charge in [0.15, 0.2) is 5.01 Å². The summed E-state index contributed by atoms with van der Waals surface area (Å²) in [5.41, 5.74) is 2.84. The quantitative estimate of drug-likeness (QED) is 0.183. The average Bonchev–Trinajstić information content (AvgIpc) is 3.33. The van der Waals surface area contributed by atoms with Crippen LogP contribution in [0, 0.1) is 11.2 Å². The fourth-order valence-electron chi connectivity index (χ4n) is 6.93. The average molecular weight is 619 g/mol. The molecule has 3 aliphatic carbocycles. The van der Waals surface area contributed by atoms with Crippen LogP contribution in [0.2, 0.25) is 0 Å². The Bertz CT molecular complexity index is 1850. The Morgan fingerprint density at radius 2 is 1.93 bits per heavy atom. The molecule has 3 aliphatic rings. The summed E-state index contributed by atoms with van der Waals surface area (Å²) in [5.74, 6) is 4.48. The zero-order valence-electron chi connectivity index (χ0n) is 24.6. The molecule has 7 rings (SSSR count). The molecule has 224 valence electrons. The molecule has 0 N–H and O–H groups in total. The van der Waals surface area contributed by atoms with Crippen LogP contribution < -0.4 is 0 Å². The van der Waals surface area contributed by atoms with Crippen molar-refractivity contribution in [3.8, 4) is 5.69 Å². The maximum Gasteiger partial charge on any atom is 0.201 e. The number of thiazole rings is 1. The van der Waals surface area contributed by atoms with Crippen molar-refractivity contribution in [3.63, 3.8) is 0 Å². The van der Waals surface area contributed by atoms with E-state index in [-0.39, 0.29) is 23.7 Å². The lowest BCUT2D eigenvalue weighted by Gasteiger charge is -2.48. The lowest BCUT2D eigenvalue weighted by Crippen LogP contribution is -2.52. The van der Waals surface area contributed by atoms with Crippen LogP contribution in [0.4, 0.5) is 4.39 Å². The number of benzene rings is 1. The maximum absolute atomic E-state index is 14.7. The molecule has 0 aliphatic heterocycles. The number of nitrogens with zero attached hydrogens (tertiary/aromatic N) is 6. The van der Waals surface area contributed by atoms with Crippen molar-refractivity contribution in [3.05, 3.63) is 81.6 Å². The molecule has 43 heavy (non-hydrogen) atoms. The van der Waals surface area contributed by atoms with Crippen LogP contribution in [-0.4, -0.2) is 56.8 Å². The van der Waals surface area contributed by atoms with Gasteiger partial charge in [0, 0.05) is 36.4 Å². The molecular weight excluding hydrogens is 584 g/mol. The first-order chi connectivity index (χ1) is 20.6. The van der Waals surface area contributed by atoms with Crippen LogP contribution in [0.5, 0.6) is 0 Å². The van der Waals surface area contributed by atoms with Gasteiger partial charge in [-0.25, -0.2) is 22.6 Å². The minimum atomic E-state index is -2.87. The van der Waals surface area contributed by atoms with E-state index in [1.165, 1.54) is 28.3 Å². The number of fused-ring (bicyclic) bond motifs is 2. The van der Waals surface area contributed by atoms with Crippen LogP contribution in [0.15, 0.2) is 59.5 Å². The summed E-state index contributed by atoms with van der Waals surface area (Å²) in [6.45, 7) is 4.07. The Hall–Kier alpha value is -3.41. The van der Waals surface area contributed by atoms with Gasteiger partial charge in [0.05, 0.1) is 43.8 Å². The molecule has 0 saturated heterocycles. The van der Waals surface area contributed by atoms with Crippen LogP contribution in [-0.2, 0) is 23.2 Å². The molecule has 3 atom stereocenters. The normalized spacial score (nSPS) is 23.1. The highest BCUT2D eigenvalue weighted by molar-refractivity contribution is 7.98. The minimum Gasteiger partial charge on any atom is -0.290 e. The van der Waals surface area contributed by atoms with Crippen LogP contribution >= 0.6 is 11.3 Å². The highest BCUT2D eigenvalue weighted by atomic mass is 32.2. The second kappa shape index (κ2) is 10.3. The zero-order valence-corrected chi connectivity index (χ0v) is 26.2. The van der Waals surface area contributed by atoms with E-state index in [2.05, 4.69) is 27.1 Å². The van der Waals surface area contributed by atoms with Gasteiger partial charge in [0.25, 0.3) is 0 Å². The highest BCUT2D eigenvalue weighted by Gasteiger charge is 2.52. The van der Waals surface area contributed by atoms with E-state index in [9.17, 15) is 13.4 Å². The maximum atomic E-state index is 14.7. The third kappa shape index (κ3) is 4.81. The first-order valence-corrected chi connectivity index (χ1v) is 17.3. The monoisotopic (exact) mass is 618 g/mol. The van der Waals surface area contributed by atoms with Crippen molar-refractivity contribution in [2.75, 3.05) is 0 Å². The number of hydrogen-bond acceptors (Lipinski definition) is 6. The largest absolute Gasteiger partial charge is 0.290 e. The molecule has 2 fully saturated rings. The summed E-state index contributed by atoms with van der Waals surface area (Å²) in [6, 6.07) is 6.06. The smallest absolute Gasteiger partial charge is 0.201 e. The number of allylic oxidation sites excluding steroid dienone is 1. The van der Waals surface area contributed by atoms with Gasteiger partial charge >= 0.3 is 0 Å². The van der Waals surface area contributed by atoms with Crippen molar-refractivity contribution in [1.29, 1.82) is 0 Å². The number of Topliss-reactive ketones (excluding diaryl/α,β-unsaturated/α-hetero) is 1. The first kappa shape index (κ1) is 28.4. The number of hydrogen-bond donors (Lipinski definition) is 0. The van der Waals surface area contributed by atoms with E-state index in [1.807, 2.05) is 35.2 Å². The zero-order chi connectivity index (χ0) is 30.1. The molecule has 8 nitrogen and oxygen atoms in total. The molecule has 0 bridgehead atoms. The third-order valence-electron chi connectivity index (χ3n) is 9.10. The second-order valence-corrected chi connectivity index (χ2v) is 15.6. The molecule has 1 aromatic carbocycles. The van der Waals surface area contributed by atoms with E-state index in [0.717, 1.165) is 41.8 Å². The Labute approximate surface area is 255 Å². The SMILES string of the molecule is C=S(=O)(c1cnn(C)c1)N(C(C)C)[C@H]1CCC2=Cc3c(cnn3-c3ccc(F)cc3)C[C@]2(C(=O)c2ncc(C3CC3)s2)C1. The van der Waals surface area contributed by atoms with Crippen LogP contribution in [0.25, 0.3) is 11.8 Å². The molecule has 4 aromatic rings. The molecule has 2 saturated carbocycles. The number of carbonyl (C=O) groups excluding carboxylic acids is 1. The number of ketones is 1. The van der Waals surface area contributed by atoms with Crippen molar-refractivity contribution in [2.24, 2.45) is 12.5 Å². The highest BCUT2D eigenvalue weighted by Crippen LogP contribution is 2.52. The standard InChI is InChI=1S/C32H35FN6O2S2/c1-20(2)39(43(4,41)27-17-35-37(3)19-27)26-10-7-23-13-28-22(16-36-38(28)25-11-8-24(33)9-12-25)14-32(23,15-26)30(40)31-34-18-29(42-31)21-5-6-21/h8-9,11-13,16-21,26H,4-7,10,14-15H2,1-3H3/t26-,32-,43?/m0/s1. The summed E-state index contributed by atoms with van der Waals surface area (Å²) in [6.07, 6.45) is 13.9. The van der Waals surface area contributed by atoms with Crippen molar-refractivity contribution in [2.45, 2.75) is 75.3 Å². The number of aryl methyl sites for hydroxylation is 1. The van der Waals surface area contributed by atoms with E-state index < -0.39 is 15.1 Å². The Morgan fingerprint density at radius 1 is 1.16 bits per heavy atom. The summed E-state index contributed by atoms with van der Waals surface area (Å²) < 4.78 is 33.6. The van der Waals surface area contributed by atoms with E-state index in [1.54, 1.807) is 36.3 Å². The van der Waals surface area contributed by atoms with Gasteiger partial charge in [-0.3, -0.25) is 9.48 Å². The summed E-state index contributed by atoms with van der Waals surface area (Å²) >= 11 is 1.52. The predicted octanol–water partition coefficient (Wildman–Crippen LogP) is 5.84. The first-order valence-electron chi connectivity index (χ1n) is 14.8. The van der Waals surface area contributed by atoms with Crippen LogP contribution in [0.1, 0.15) is 77.8 Å². The van der Waals surface area contributed by atoms with Gasteiger partial charge in [0.1, 0.15) is 5.82 Å². The topological polar surface area (TPSA) is 85.9 Å². The fraction of sp³-hybridized carbons (Fsp3) is 0.406. The van der Waals surface area contributed by atoms with Gasteiger partial charge in [0.2, 0.25) is 5.78 Å². The number of halogens is 1. The van der Waals surface area contributed by atoms with E-state index >= 15 is 0 Å². The fourth-order valence-corrected chi connectivity index (χ4v) is 10.2. The molecule has 1 unspecified atom stereocenters. The molecule has 0 radical (unpaired) electrons. The van der Waals surface area contributed by atoms with Gasteiger partial charge < -0.3 is 0 Å². The van der Waals surface area contributed by atoms with E-state index in [4.69, 9.17) is 0 Å². The van der Waals surface area contributed by atoms with Gasteiger partial charge in [-0.1, -0.05) is 5.57 Å². The molecule has 0 amide bonds. The van der Waals surface area contributed by atoms with Crippen molar-refractivity contribution >= 4 is 38.8 Å². The van der Waals surface area contributed by atoms with E-state index in [0.29, 0.717) is 35.1 Å². The lowest BCUT2D eigenvalue weighted by atomic mass is 9.61. The molecular formula is C32H35FN6O2S2. The number of carbonyl (C=O) groups is 1. The molecule has 11 heteroatoms. The van der Waals surface area contributed by atoms with Gasteiger partial charge in [-0.05, 0) is 100 Å².